The smallest absolute Gasteiger partial charge is 0.417 e. The molecule has 0 fully saturated rings. The maximum Gasteiger partial charge on any atom is 0.417 e. The number of pyridine rings is 1. The highest BCUT2D eigenvalue weighted by Crippen LogP contribution is 2.32. The van der Waals surface area contributed by atoms with E-state index in [0.717, 1.165) is 12.1 Å². The number of rotatable bonds is 6. The molecule has 1 heterocycles. The van der Waals surface area contributed by atoms with Crippen molar-refractivity contribution in [3.63, 3.8) is 0 Å². The molecule has 2 rings (SSSR count). The van der Waals surface area contributed by atoms with E-state index in [1.165, 1.54) is 12.1 Å². The van der Waals surface area contributed by atoms with Gasteiger partial charge in [0.15, 0.2) is 12.4 Å². The van der Waals surface area contributed by atoms with Gasteiger partial charge in [-0.3, -0.25) is 14.4 Å². The van der Waals surface area contributed by atoms with Gasteiger partial charge in [-0.1, -0.05) is 11.6 Å². The zero-order valence-corrected chi connectivity index (χ0v) is 15.1. The van der Waals surface area contributed by atoms with Crippen molar-refractivity contribution in [1.29, 1.82) is 0 Å². The number of hydrogen-bond donors (Lipinski definition) is 2. The first kappa shape index (κ1) is 22.1. The predicted molar refractivity (Wildman–Crippen MR) is 92.6 cm³/mol. The third kappa shape index (κ3) is 6.71. The van der Waals surface area contributed by atoms with Gasteiger partial charge in [0.2, 0.25) is 0 Å². The maximum absolute atomic E-state index is 12.8. The van der Waals surface area contributed by atoms with Crippen molar-refractivity contribution < 1.29 is 36.7 Å². The summed E-state index contributed by atoms with van der Waals surface area (Å²) < 4.78 is 55.0. The summed E-state index contributed by atoms with van der Waals surface area (Å²) in [6.07, 6.45) is -4.16. The molecule has 0 bridgehead atoms. The molecule has 1 aromatic carbocycles. The van der Waals surface area contributed by atoms with E-state index in [2.05, 4.69) is 20.4 Å². The second-order valence-electron chi connectivity index (χ2n) is 5.45. The lowest BCUT2D eigenvalue weighted by molar-refractivity contribution is -0.146. The number of anilines is 1. The lowest BCUT2D eigenvalue weighted by atomic mass is 10.2. The number of alkyl halides is 3. The first-order valence-corrected chi connectivity index (χ1v) is 8.16. The largest absolute Gasteiger partial charge is 0.454 e. The first-order valence-electron chi connectivity index (χ1n) is 7.78. The van der Waals surface area contributed by atoms with Gasteiger partial charge >= 0.3 is 12.1 Å². The van der Waals surface area contributed by atoms with Crippen LogP contribution in [0, 0.1) is 5.82 Å². The Morgan fingerprint density at radius 2 is 1.79 bits per heavy atom. The second-order valence-corrected chi connectivity index (χ2v) is 5.86. The SMILES string of the molecule is O=C(COC(=O)CNC(=O)c1ccc(F)cc1)Nc1ncc(C(F)(F)F)cc1Cl. The molecular formula is C17H12ClF4N3O4. The van der Waals surface area contributed by atoms with E-state index in [0.29, 0.717) is 12.3 Å². The van der Waals surface area contributed by atoms with Crippen LogP contribution in [0.3, 0.4) is 0 Å². The number of carbonyl (C=O) groups excluding carboxylic acids is 3. The molecule has 0 spiro atoms. The zero-order valence-electron chi connectivity index (χ0n) is 14.3. The summed E-state index contributed by atoms with van der Waals surface area (Å²) in [5.74, 6) is -3.40. The molecule has 0 atom stereocenters. The number of nitrogens with zero attached hydrogens (tertiary/aromatic N) is 1. The Hall–Kier alpha value is -3.21. The van der Waals surface area contributed by atoms with Gasteiger partial charge in [0.05, 0.1) is 10.6 Å². The standard InChI is InChI=1S/C17H12ClF4N3O4/c18-12-5-10(17(20,21)22)6-23-15(12)25-13(26)8-29-14(27)7-24-16(28)9-1-3-11(19)4-2-9/h1-6H,7-8H2,(H,24,28)(H,23,25,26). The molecule has 2 amide bonds. The molecule has 0 aliphatic carbocycles. The van der Waals surface area contributed by atoms with Crippen molar-refractivity contribution in [2.75, 3.05) is 18.5 Å². The van der Waals surface area contributed by atoms with Gasteiger partial charge in [-0.15, -0.1) is 0 Å². The zero-order chi connectivity index (χ0) is 21.6. The molecule has 2 N–H and O–H groups in total. The van der Waals surface area contributed by atoms with Crippen LogP contribution in [-0.4, -0.2) is 35.9 Å². The Balaban J connectivity index is 1.79. The van der Waals surface area contributed by atoms with E-state index in [-0.39, 0.29) is 11.4 Å². The minimum absolute atomic E-state index is 0.111. The van der Waals surface area contributed by atoms with Crippen LogP contribution in [0.5, 0.6) is 0 Å². The number of esters is 1. The Kier molecular flexibility index (Phi) is 7.10. The van der Waals surface area contributed by atoms with Crippen LogP contribution in [0.1, 0.15) is 15.9 Å². The van der Waals surface area contributed by atoms with Gasteiger partial charge in [0, 0.05) is 11.8 Å². The average Bonchev–Trinajstić information content (AvgIpc) is 2.65. The van der Waals surface area contributed by atoms with E-state index >= 15 is 0 Å². The van der Waals surface area contributed by atoms with Gasteiger partial charge in [0.1, 0.15) is 12.4 Å². The fourth-order valence-corrected chi connectivity index (χ4v) is 2.12. The molecule has 7 nitrogen and oxygen atoms in total. The van der Waals surface area contributed by atoms with Crippen molar-refractivity contribution in [3.05, 3.63) is 58.5 Å². The third-order valence-electron chi connectivity index (χ3n) is 3.29. The van der Waals surface area contributed by atoms with Gasteiger partial charge in [-0.2, -0.15) is 13.2 Å². The number of benzene rings is 1. The summed E-state index contributed by atoms with van der Waals surface area (Å²) >= 11 is 5.64. The summed E-state index contributed by atoms with van der Waals surface area (Å²) in [6, 6.07) is 5.14. The van der Waals surface area contributed by atoms with Crippen LogP contribution < -0.4 is 10.6 Å². The molecular weight excluding hydrogens is 422 g/mol. The van der Waals surface area contributed by atoms with Crippen molar-refractivity contribution in [2.24, 2.45) is 0 Å². The fraction of sp³-hybridized carbons (Fsp3) is 0.176. The van der Waals surface area contributed by atoms with Gasteiger partial charge in [-0.25, -0.2) is 9.37 Å². The highest BCUT2D eigenvalue weighted by molar-refractivity contribution is 6.33. The minimum atomic E-state index is -4.65. The van der Waals surface area contributed by atoms with Crippen LogP contribution in [0.25, 0.3) is 0 Å². The lowest BCUT2D eigenvalue weighted by Gasteiger charge is -2.10. The summed E-state index contributed by atoms with van der Waals surface area (Å²) in [4.78, 5) is 38.4. The third-order valence-corrected chi connectivity index (χ3v) is 3.58. The summed E-state index contributed by atoms with van der Waals surface area (Å²) in [7, 11) is 0. The minimum Gasteiger partial charge on any atom is -0.454 e. The fourth-order valence-electron chi connectivity index (χ4n) is 1.91. The number of halogens is 5. The van der Waals surface area contributed by atoms with Crippen LogP contribution in [-0.2, 0) is 20.5 Å². The Morgan fingerprint density at radius 1 is 1.14 bits per heavy atom. The molecule has 0 unspecified atom stereocenters. The van der Waals surface area contributed by atoms with E-state index in [4.69, 9.17) is 11.6 Å². The van der Waals surface area contributed by atoms with Crippen molar-refractivity contribution >= 4 is 35.2 Å². The highest BCUT2D eigenvalue weighted by atomic mass is 35.5. The number of hydrogen-bond acceptors (Lipinski definition) is 5. The number of amides is 2. The van der Waals surface area contributed by atoms with Gasteiger partial charge in [-0.05, 0) is 30.3 Å². The lowest BCUT2D eigenvalue weighted by Crippen LogP contribution is -2.32. The molecule has 0 aliphatic rings. The van der Waals surface area contributed by atoms with E-state index in [9.17, 15) is 31.9 Å². The van der Waals surface area contributed by atoms with E-state index < -0.39 is 53.5 Å². The van der Waals surface area contributed by atoms with Crippen LogP contribution in [0.15, 0.2) is 36.5 Å². The number of carbonyl (C=O) groups is 3. The molecule has 12 heteroatoms. The van der Waals surface area contributed by atoms with Crippen LogP contribution >= 0.6 is 11.6 Å². The Labute approximate surface area is 166 Å². The molecule has 0 aliphatic heterocycles. The molecule has 0 saturated carbocycles. The Bertz CT molecular complexity index is 920. The van der Waals surface area contributed by atoms with Gasteiger partial charge < -0.3 is 15.4 Å². The quantitative estimate of drug-likeness (QED) is 0.539. The van der Waals surface area contributed by atoms with Gasteiger partial charge in [0.25, 0.3) is 11.8 Å². The molecule has 0 radical (unpaired) electrons. The summed E-state index contributed by atoms with van der Waals surface area (Å²) in [6.45, 7) is -1.35. The van der Waals surface area contributed by atoms with Crippen molar-refractivity contribution in [2.45, 2.75) is 6.18 Å². The average molecular weight is 434 g/mol. The molecule has 1 aromatic heterocycles. The highest BCUT2D eigenvalue weighted by Gasteiger charge is 2.31. The molecule has 0 saturated heterocycles. The number of ether oxygens (including phenoxy) is 1. The topological polar surface area (TPSA) is 97.4 Å². The van der Waals surface area contributed by atoms with Crippen LogP contribution in [0.2, 0.25) is 5.02 Å². The summed E-state index contributed by atoms with van der Waals surface area (Å²) in [5.41, 5.74) is -0.983. The van der Waals surface area contributed by atoms with Crippen molar-refractivity contribution in [3.8, 4) is 0 Å². The molecule has 29 heavy (non-hydrogen) atoms. The maximum atomic E-state index is 12.8. The first-order chi connectivity index (χ1) is 13.6. The van der Waals surface area contributed by atoms with E-state index in [1.54, 1.807) is 0 Å². The second kappa shape index (κ2) is 9.32. The normalized spacial score (nSPS) is 10.9. The molecule has 2 aromatic rings. The van der Waals surface area contributed by atoms with Crippen LogP contribution in [0.4, 0.5) is 23.4 Å². The monoisotopic (exact) mass is 433 g/mol. The molecule has 154 valence electrons. The predicted octanol–water partition coefficient (Wildman–Crippen LogP) is 2.80. The van der Waals surface area contributed by atoms with Crippen molar-refractivity contribution in [1.82, 2.24) is 10.3 Å². The summed E-state index contributed by atoms with van der Waals surface area (Å²) in [5, 5.41) is 3.85. The number of nitrogens with one attached hydrogen (secondary N) is 2. The van der Waals surface area contributed by atoms with E-state index in [1.807, 2.05) is 0 Å². The Morgan fingerprint density at radius 3 is 2.38 bits per heavy atom. The number of aromatic nitrogens is 1.